The average molecular weight is 421 g/mol. The van der Waals surface area contributed by atoms with E-state index in [-0.39, 0.29) is 11.7 Å². The summed E-state index contributed by atoms with van der Waals surface area (Å²) < 4.78 is 24.9. The third kappa shape index (κ3) is 5.14. The molecule has 0 aliphatic carbocycles. The van der Waals surface area contributed by atoms with Crippen molar-refractivity contribution in [1.82, 2.24) is 10.3 Å². The molecule has 3 rings (SSSR count). The van der Waals surface area contributed by atoms with Gasteiger partial charge in [0, 0.05) is 6.54 Å². The van der Waals surface area contributed by atoms with Crippen LogP contribution in [0, 0.1) is 5.82 Å². The quantitative estimate of drug-likeness (QED) is 0.558. The summed E-state index contributed by atoms with van der Waals surface area (Å²) in [6.45, 7) is 8.37. The third-order valence-corrected chi connectivity index (χ3v) is 4.80. The van der Waals surface area contributed by atoms with Crippen LogP contribution in [-0.4, -0.2) is 68.6 Å². The number of nitrogens with zero attached hydrogens (tertiary/aromatic N) is 4. The highest BCUT2D eigenvalue weighted by Gasteiger charge is 2.33. The predicted octanol–water partition coefficient (Wildman–Crippen LogP) is 2.31. The van der Waals surface area contributed by atoms with Crippen LogP contribution in [-0.2, 0) is 9.47 Å². The van der Waals surface area contributed by atoms with Gasteiger partial charge in [0.05, 0.1) is 44.7 Å². The van der Waals surface area contributed by atoms with Crippen molar-refractivity contribution in [3.05, 3.63) is 36.2 Å². The molecule has 0 radical (unpaired) electrons. The van der Waals surface area contributed by atoms with Crippen LogP contribution in [0.5, 0.6) is 0 Å². The zero-order valence-electron chi connectivity index (χ0n) is 16.4. The maximum absolute atomic E-state index is 14.8. The number of thiocarbonyl (C=S) groups is 1. The largest absolute Gasteiger partial charge is 0.474 e. The second kappa shape index (κ2) is 9.08. The summed E-state index contributed by atoms with van der Waals surface area (Å²) in [5.41, 5.74) is 1.86. The molecule has 0 unspecified atom stereocenters. The van der Waals surface area contributed by atoms with Gasteiger partial charge in [-0.1, -0.05) is 12.2 Å². The van der Waals surface area contributed by atoms with Gasteiger partial charge in [-0.05, 0) is 37.3 Å². The Hall–Kier alpha value is -2.88. The number of hydrogen-bond acceptors (Lipinski definition) is 7. The molecule has 1 saturated heterocycles. The molecule has 0 spiro atoms. The van der Waals surface area contributed by atoms with E-state index in [0.717, 1.165) is 5.57 Å². The molecule has 29 heavy (non-hydrogen) atoms. The molecular weight excluding hydrogens is 397 g/mol. The molecule has 0 saturated carbocycles. The molecule has 156 valence electrons. The minimum Gasteiger partial charge on any atom is -0.474 e. The Labute approximate surface area is 174 Å². The van der Waals surface area contributed by atoms with Crippen molar-refractivity contribution in [3.63, 3.8) is 0 Å². The summed E-state index contributed by atoms with van der Waals surface area (Å²) in [6.07, 6.45) is 0.670. The van der Waals surface area contributed by atoms with E-state index in [4.69, 9.17) is 21.7 Å². The SMILES string of the molecule is C=C(C)CN1CCN(c2ccc(N3C[C@H](CNC(=S)OC)OC3=O)cc2F)C=N1. The van der Waals surface area contributed by atoms with E-state index in [1.165, 1.54) is 18.1 Å². The zero-order valence-corrected chi connectivity index (χ0v) is 17.2. The van der Waals surface area contributed by atoms with Crippen molar-refractivity contribution in [2.45, 2.75) is 13.0 Å². The standard InChI is InChI=1S/C19H24FN5O3S/c1-13(2)10-24-7-6-23(12-22-24)17-5-4-14(8-16(17)20)25-11-15(28-19(25)26)9-21-18(29)27-3/h4-5,8,12,15H,1,6-7,9-11H2,2-3H3,(H,21,29)/t15-/m0/s1. The van der Waals surface area contributed by atoms with Crippen LogP contribution < -0.4 is 15.1 Å². The number of cyclic esters (lactones) is 1. The molecule has 1 atom stereocenters. The van der Waals surface area contributed by atoms with E-state index < -0.39 is 18.0 Å². The number of amides is 1. The van der Waals surface area contributed by atoms with Gasteiger partial charge in [0.1, 0.15) is 18.3 Å². The Balaban J connectivity index is 1.65. The number of anilines is 2. The van der Waals surface area contributed by atoms with E-state index in [1.54, 1.807) is 23.4 Å². The van der Waals surface area contributed by atoms with Gasteiger partial charge in [-0.2, -0.15) is 5.10 Å². The second-order valence-electron chi connectivity index (χ2n) is 6.89. The Kier molecular flexibility index (Phi) is 6.53. The number of hydrazone groups is 1. The monoisotopic (exact) mass is 421 g/mol. The first-order valence-corrected chi connectivity index (χ1v) is 9.57. The molecule has 2 aliphatic heterocycles. The van der Waals surface area contributed by atoms with E-state index in [1.807, 2.05) is 11.9 Å². The first-order valence-electron chi connectivity index (χ1n) is 9.17. The fourth-order valence-corrected chi connectivity index (χ4v) is 3.18. The van der Waals surface area contributed by atoms with Gasteiger partial charge >= 0.3 is 6.09 Å². The molecule has 0 aromatic heterocycles. The first kappa shape index (κ1) is 20.8. The van der Waals surface area contributed by atoms with E-state index in [2.05, 4.69) is 17.0 Å². The van der Waals surface area contributed by atoms with Gasteiger partial charge in [-0.25, -0.2) is 9.18 Å². The Morgan fingerprint density at radius 1 is 1.48 bits per heavy atom. The van der Waals surface area contributed by atoms with Crippen molar-refractivity contribution >= 4 is 41.2 Å². The first-order chi connectivity index (χ1) is 13.9. The van der Waals surface area contributed by atoms with E-state index in [9.17, 15) is 9.18 Å². The molecule has 8 nitrogen and oxygen atoms in total. The Morgan fingerprint density at radius 3 is 2.90 bits per heavy atom. The molecule has 1 aromatic rings. The Bertz CT molecular complexity index is 834. The fourth-order valence-electron chi connectivity index (χ4n) is 3.09. The number of rotatable bonds is 6. The van der Waals surface area contributed by atoms with E-state index >= 15 is 0 Å². The van der Waals surface area contributed by atoms with Crippen molar-refractivity contribution < 1.29 is 18.7 Å². The smallest absolute Gasteiger partial charge is 0.414 e. The second-order valence-corrected chi connectivity index (χ2v) is 7.26. The summed E-state index contributed by atoms with van der Waals surface area (Å²) in [6, 6.07) is 4.67. The Morgan fingerprint density at radius 2 is 2.28 bits per heavy atom. The lowest BCUT2D eigenvalue weighted by molar-refractivity contribution is 0.142. The predicted molar refractivity (Wildman–Crippen MR) is 114 cm³/mol. The number of methoxy groups -OCH3 is 1. The highest BCUT2D eigenvalue weighted by molar-refractivity contribution is 7.80. The lowest BCUT2D eigenvalue weighted by atomic mass is 10.2. The summed E-state index contributed by atoms with van der Waals surface area (Å²) in [5, 5.41) is 9.28. The normalized spacial score (nSPS) is 18.7. The van der Waals surface area contributed by atoms with Gasteiger partial charge in [-0.3, -0.25) is 9.91 Å². The number of halogens is 1. The maximum atomic E-state index is 14.8. The molecule has 1 amide bonds. The van der Waals surface area contributed by atoms with Gasteiger partial charge in [0.15, 0.2) is 0 Å². The van der Waals surface area contributed by atoms with Gasteiger partial charge in [0.2, 0.25) is 0 Å². The molecule has 1 N–H and O–H groups in total. The molecule has 0 bridgehead atoms. The number of nitrogens with one attached hydrogen (secondary N) is 1. The lowest BCUT2D eigenvalue weighted by Gasteiger charge is -2.30. The van der Waals surface area contributed by atoms with Crippen LogP contribution in [0.3, 0.4) is 0 Å². The fraction of sp³-hybridized carbons (Fsp3) is 0.421. The number of hydrogen-bond donors (Lipinski definition) is 1. The highest BCUT2D eigenvalue weighted by atomic mass is 32.1. The molecular formula is C19H24FN5O3S. The van der Waals surface area contributed by atoms with Crippen LogP contribution in [0.4, 0.5) is 20.6 Å². The zero-order chi connectivity index (χ0) is 21.0. The van der Waals surface area contributed by atoms with Crippen LogP contribution in [0.2, 0.25) is 0 Å². The molecule has 2 heterocycles. The maximum Gasteiger partial charge on any atom is 0.414 e. The van der Waals surface area contributed by atoms with Crippen molar-refractivity contribution in [2.24, 2.45) is 5.10 Å². The van der Waals surface area contributed by atoms with Gasteiger partial charge < -0.3 is 19.7 Å². The number of carbonyl (C=O) groups is 1. The van der Waals surface area contributed by atoms with E-state index in [0.29, 0.717) is 37.6 Å². The van der Waals surface area contributed by atoms with Crippen molar-refractivity contribution in [1.29, 1.82) is 0 Å². The molecule has 2 aliphatic rings. The van der Waals surface area contributed by atoms with Crippen molar-refractivity contribution in [3.8, 4) is 0 Å². The molecule has 1 aromatic carbocycles. The van der Waals surface area contributed by atoms with Gasteiger partial charge in [-0.15, -0.1) is 0 Å². The van der Waals surface area contributed by atoms with Crippen LogP contribution in [0.15, 0.2) is 35.5 Å². The number of ether oxygens (including phenoxy) is 2. The number of benzene rings is 1. The van der Waals surface area contributed by atoms with Crippen LogP contribution in [0.1, 0.15) is 6.92 Å². The van der Waals surface area contributed by atoms with Gasteiger partial charge in [0.25, 0.3) is 5.17 Å². The minimum absolute atomic E-state index is 0.222. The summed E-state index contributed by atoms with van der Waals surface area (Å²) in [4.78, 5) is 15.3. The molecule has 10 heteroatoms. The van der Waals surface area contributed by atoms with Crippen LogP contribution >= 0.6 is 12.2 Å². The highest BCUT2D eigenvalue weighted by Crippen LogP contribution is 2.28. The third-order valence-electron chi connectivity index (χ3n) is 4.49. The average Bonchev–Trinajstić information content (AvgIpc) is 3.07. The van der Waals surface area contributed by atoms with Crippen molar-refractivity contribution in [2.75, 3.05) is 49.6 Å². The minimum atomic E-state index is -0.526. The summed E-state index contributed by atoms with van der Waals surface area (Å²) >= 11 is 4.90. The summed E-state index contributed by atoms with van der Waals surface area (Å²) in [7, 11) is 1.46. The number of carbonyl (C=O) groups excluding carboxylic acids is 1. The van der Waals surface area contributed by atoms with Crippen LogP contribution in [0.25, 0.3) is 0 Å². The lowest BCUT2D eigenvalue weighted by Crippen LogP contribution is -2.38. The topological polar surface area (TPSA) is 69.6 Å². The summed E-state index contributed by atoms with van der Waals surface area (Å²) in [5.74, 6) is -0.433. The molecule has 1 fully saturated rings.